The Balaban J connectivity index is 1.70. The zero-order chi connectivity index (χ0) is 22.8. The number of nitrogens with zero attached hydrogens (tertiary/aromatic N) is 2. The fourth-order valence-corrected chi connectivity index (χ4v) is 4.42. The molecule has 0 saturated carbocycles. The molecule has 0 radical (unpaired) electrons. The van der Waals surface area contributed by atoms with Crippen molar-refractivity contribution < 1.29 is 14.3 Å². The van der Waals surface area contributed by atoms with Gasteiger partial charge in [0.2, 0.25) is 0 Å². The zero-order valence-corrected chi connectivity index (χ0v) is 19.1. The van der Waals surface area contributed by atoms with E-state index in [2.05, 4.69) is 22.6 Å². The molecule has 1 aromatic carbocycles. The summed E-state index contributed by atoms with van der Waals surface area (Å²) >= 11 is 0. The first kappa shape index (κ1) is 22.0. The van der Waals surface area contributed by atoms with E-state index in [-0.39, 0.29) is 18.2 Å². The van der Waals surface area contributed by atoms with E-state index in [1.165, 1.54) is 5.57 Å². The molecule has 0 fully saturated rings. The van der Waals surface area contributed by atoms with E-state index in [9.17, 15) is 9.59 Å². The van der Waals surface area contributed by atoms with Gasteiger partial charge in [0.15, 0.2) is 5.78 Å². The zero-order valence-electron chi connectivity index (χ0n) is 19.1. The second kappa shape index (κ2) is 9.09. The summed E-state index contributed by atoms with van der Waals surface area (Å²) < 4.78 is 7.28. The van der Waals surface area contributed by atoms with Crippen LogP contribution < -0.4 is 5.32 Å². The van der Waals surface area contributed by atoms with Gasteiger partial charge in [0.05, 0.1) is 18.9 Å². The Hall–Kier alpha value is -3.25. The first-order valence-electron chi connectivity index (χ1n) is 10.9. The molecule has 6 heteroatoms. The Labute approximate surface area is 188 Å². The summed E-state index contributed by atoms with van der Waals surface area (Å²) in [7, 11) is 1.90. The molecule has 2 aliphatic rings. The van der Waals surface area contributed by atoms with E-state index in [4.69, 9.17) is 4.74 Å². The van der Waals surface area contributed by atoms with Crippen LogP contribution in [0.15, 0.2) is 53.3 Å². The number of carbonyl (C=O) groups excluding carboxylic acids is 2. The van der Waals surface area contributed by atoms with Gasteiger partial charge in [-0.05, 0) is 67.7 Å². The van der Waals surface area contributed by atoms with E-state index in [1.807, 2.05) is 50.7 Å². The average molecular weight is 432 g/mol. The standard InChI is InChI=1S/C26H29N3O3/c1-16-11-17(2)23(25(30)12-16)15-27-26(31)22-14-20(19-6-9-32-10-7-19)13-21(18(22)3)24-5-8-28-29(24)4/h5-6,8,11,13-14H,7,9-10,12,15H2,1-4H3,(H,27,31). The van der Waals surface area contributed by atoms with Crippen LogP contribution in [0.2, 0.25) is 0 Å². The number of aryl methyl sites for hydroxylation is 1. The fraction of sp³-hybridized carbons (Fsp3) is 0.346. The molecule has 1 N–H and O–H groups in total. The molecular formula is C26H29N3O3. The van der Waals surface area contributed by atoms with Crippen molar-refractivity contribution in [3.05, 3.63) is 70.0 Å². The van der Waals surface area contributed by atoms with Crippen LogP contribution in [0.25, 0.3) is 16.8 Å². The second-order valence-corrected chi connectivity index (χ2v) is 8.53. The van der Waals surface area contributed by atoms with Crippen molar-refractivity contribution in [2.75, 3.05) is 19.8 Å². The second-order valence-electron chi connectivity index (χ2n) is 8.53. The number of rotatable bonds is 5. The summed E-state index contributed by atoms with van der Waals surface area (Å²) in [5.41, 5.74) is 8.27. The number of hydrogen-bond donors (Lipinski definition) is 1. The average Bonchev–Trinajstić information content (AvgIpc) is 3.19. The van der Waals surface area contributed by atoms with Crippen molar-refractivity contribution >= 4 is 17.3 Å². The van der Waals surface area contributed by atoms with Gasteiger partial charge < -0.3 is 10.1 Å². The normalized spacial score (nSPS) is 16.7. The maximum absolute atomic E-state index is 13.3. The first-order valence-corrected chi connectivity index (χ1v) is 10.9. The van der Waals surface area contributed by atoms with Gasteiger partial charge in [0.1, 0.15) is 0 Å². The van der Waals surface area contributed by atoms with Gasteiger partial charge in [-0.1, -0.05) is 17.7 Å². The summed E-state index contributed by atoms with van der Waals surface area (Å²) in [5, 5.41) is 7.29. The van der Waals surface area contributed by atoms with Crippen molar-refractivity contribution in [2.24, 2.45) is 7.05 Å². The predicted octanol–water partition coefficient (Wildman–Crippen LogP) is 4.16. The van der Waals surface area contributed by atoms with Crippen molar-refractivity contribution in [3.8, 4) is 11.3 Å². The molecular weight excluding hydrogens is 402 g/mol. The molecule has 1 aliphatic carbocycles. The number of nitrogens with one attached hydrogen (secondary N) is 1. The number of hydrogen-bond acceptors (Lipinski definition) is 4. The number of allylic oxidation sites excluding steroid dienone is 3. The predicted molar refractivity (Wildman–Crippen MR) is 125 cm³/mol. The third kappa shape index (κ3) is 4.36. The minimum atomic E-state index is -0.181. The van der Waals surface area contributed by atoms with Crippen LogP contribution in [0.3, 0.4) is 0 Å². The minimum absolute atomic E-state index is 0.0798. The SMILES string of the molecule is CC1=CC(C)=C(CNC(=O)c2cc(C3=CCOCC3)cc(-c3ccnn3C)c2C)C(=O)C1. The Morgan fingerprint density at radius 1 is 1.25 bits per heavy atom. The lowest BCUT2D eigenvalue weighted by molar-refractivity contribution is -0.115. The van der Waals surface area contributed by atoms with Crippen LogP contribution in [0, 0.1) is 6.92 Å². The molecule has 0 unspecified atom stereocenters. The van der Waals surface area contributed by atoms with Crippen LogP contribution in [-0.2, 0) is 16.6 Å². The van der Waals surface area contributed by atoms with E-state index >= 15 is 0 Å². The van der Waals surface area contributed by atoms with Gasteiger partial charge >= 0.3 is 0 Å². The largest absolute Gasteiger partial charge is 0.377 e. The summed E-state index contributed by atoms with van der Waals surface area (Å²) in [6.07, 6.45) is 7.08. The van der Waals surface area contributed by atoms with E-state index < -0.39 is 0 Å². The Morgan fingerprint density at radius 3 is 2.72 bits per heavy atom. The topological polar surface area (TPSA) is 73.2 Å². The van der Waals surface area contributed by atoms with Crippen molar-refractivity contribution in [1.82, 2.24) is 15.1 Å². The highest BCUT2D eigenvalue weighted by Crippen LogP contribution is 2.32. The van der Waals surface area contributed by atoms with Gasteiger partial charge in [0, 0.05) is 42.9 Å². The molecule has 32 heavy (non-hydrogen) atoms. The summed E-state index contributed by atoms with van der Waals surface area (Å²) in [5.74, 6) is -0.101. The molecule has 2 aromatic rings. The van der Waals surface area contributed by atoms with Crippen LogP contribution >= 0.6 is 0 Å². The molecule has 6 nitrogen and oxygen atoms in total. The molecule has 1 aromatic heterocycles. The Bertz CT molecular complexity index is 1180. The minimum Gasteiger partial charge on any atom is -0.377 e. The Morgan fingerprint density at radius 2 is 2.06 bits per heavy atom. The smallest absolute Gasteiger partial charge is 0.251 e. The number of benzene rings is 1. The van der Waals surface area contributed by atoms with Crippen LogP contribution in [0.5, 0.6) is 0 Å². The number of ether oxygens (including phenoxy) is 1. The molecule has 1 amide bonds. The molecule has 1 aliphatic heterocycles. The highest BCUT2D eigenvalue weighted by atomic mass is 16.5. The van der Waals surface area contributed by atoms with Crippen molar-refractivity contribution in [1.29, 1.82) is 0 Å². The molecule has 0 bridgehead atoms. The first-order chi connectivity index (χ1) is 15.3. The number of amides is 1. The summed E-state index contributed by atoms with van der Waals surface area (Å²) in [4.78, 5) is 25.8. The molecule has 0 atom stereocenters. The monoisotopic (exact) mass is 431 g/mol. The van der Waals surface area contributed by atoms with Gasteiger partial charge in [-0.2, -0.15) is 5.10 Å². The summed E-state index contributed by atoms with van der Waals surface area (Å²) in [6, 6.07) is 6.04. The lowest BCUT2D eigenvalue weighted by Crippen LogP contribution is -2.30. The molecule has 166 valence electrons. The van der Waals surface area contributed by atoms with E-state index in [0.717, 1.165) is 40.0 Å². The number of Topliss-reactive ketones (excluding diaryl/α,β-unsaturated/α-hetero) is 1. The molecule has 4 rings (SSSR count). The van der Waals surface area contributed by atoms with E-state index in [0.29, 0.717) is 30.8 Å². The van der Waals surface area contributed by atoms with Crippen molar-refractivity contribution in [3.63, 3.8) is 0 Å². The van der Waals surface area contributed by atoms with Gasteiger partial charge in [-0.25, -0.2) is 0 Å². The lowest BCUT2D eigenvalue weighted by Gasteiger charge is -2.19. The maximum atomic E-state index is 13.3. The molecule has 0 spiro atoms. The fourth-order valence-electron chi connectivity index (χ4n) is 4.42. The number of aromatic nitrogens is 2. The number of carbonyl (C=O) groups is 2. The third-order valence-electron chi connectivity index (χ3n) is 6.22. The number of ketones is 1. The maximum Gasteiger partial charge on any atom is 0.251 e. The van der Waals surface area contributed by atoms with Gasteiger partial charge in [0.25, 0.3) is 5.91 Å². The quantitative estimate of drug-likeness (QED) is 0.771. The molecule has 0 saturated heterocycles. The highest BCUT2D eigenvalue weighted by Gasteiger charge is 2.21. The Kier molecular flexibility index (Phi) is 6.24. The van der Waals surface area contributed by atoms with Crippen LogP contribution in [0.4, 0.5) is 0 Å². The lowest BCUT2D eigenvalue weighted by atomic mass is 9.91. The summed E-state index contributed by atoms with van der Waals surface area (Å²) in [6.45, 7) is 7.32. The van der Waals surface area contributed by atoms with Gasteiger partial charge in [-0.3, -0.25) is 14.3 Å². The highest BCUT2D eigenvalue weighted by molar-refractivity contribution is 6.02. The van der Waals surface area contributed by atoms with Crippen LogP contribution in [-0.4, -0.2) is 41.2 Å². The molecule has 2 heterocycles. The van der Waals surface area contributed by atoms with Crippen LogP contribution in [0.1, 0.15) is 48.2 Å². The van der Waals surface area contributed by atoms with E-state index in [1.54, 1.807) is 6.20 Å². The van der Waals surface area contributed by atoms with Gasteiger partial charge in [-0.15, -0.1) is 0 Å². The third-order valence-corrected chi connectivity index (χ3v) is 6.22. The van der Waals surface area contributed by atoms with Crippen molar-refractivity contribution in [2.45, 2.75) is 33.6 Å².